The van der Waals surface area contributed by atoms with Crippen LogP contribution in [0.15, 0.2) is 41.3 Å². The molecule has 7 nitrogen and oxygen atoms in total. The summed E-state index contributed by atoms with van der Waals surface area (Å²) in [5.41, 5.74) is 1.51. The Bertz CT molecular complexity index is 1010. The van der Waals surface area contributed by atoms with Crippen molar-refractivity contribution in [2.45, 2.75) is 23.8 Å². The number of carbonyl (C=O) groups is 1. The molecule has 0 fully saturated rings. The molecule has 2 aromatic carbocycles. The van der Waals surface area contributed by atoms with Crippen molar-refractivity contribution in [2.75, 3.05) is 27.9 Å². The summed E-state index contributed by atoms with van der Waals surface area (Å²) in [5, 5.41) is 0. The average Bonchev–Trinajstić information content (AvgIpc) is 2.72. The third-order valence-corrected chi connectivity index (χ3v) is 6.88. The fourth-order valence-electron chi connectivity index (χ4n) is 3.49. The van der Waals surface area contributed by atoms with Crippen LogP contribution in [0, 0.1) is 5.82 Å². The van der Waals surface area contributed by atoms with E-state index in [1.165, 1.54) is 37.8 Å². The number of carbonyl (C=O) groups excluding carboxylic acids is 1. The van der Waals surface area contributed by atoms with Gasteiger partial charge in [0.2, 0.25) is 10.0 Å². The average molecular weight is 423 g/mol. The molecule has 0 saturated carbocycles. The maximum atomic E-state index is 13.3. The molecule has 2 aromatic rings. The van der Waals surface area contributed by atoms with Crippen molar-refractivity contribution in [3.63, 3.8) is 0 Å². The van der Waals surface area contributed by atoms with E-state index in [2.05, 4.69) is 0 Å². The Morgan fingerprint density at radius 3 is 2.31 bits per heavy atom. The van der Waals surface area contributed by atoms with Gasteiger partial charge in [-0.25, -0.2) is 12.8 Å². The van der Waals surface area contributed by atoms with Gasteiger partial charge in [0.15, 0.2) is 11.5 Å². The van der Waals surface area contributed by atoms with E-state index in [0.29, 0.717) is 23.5 Å². The summed E-state index contributed by atoms with van der Waals surface area (Å²) >= 11 is 0. The van der Waals surface area contributed by atoms with Crippen molar-refractivity contribution in [1.29, 1.82) is 0 Å². The lowest BCUT2D eigenvalue weighted by Gasteiger charge is -2.36. The molecular formula is C20H22FNO6S. The number of halogens is 1. The molecule has 0 radical (unpaired) electrons. The van der Waals surface area contributed by atoms with Crippen molar-refractivity contribution < 1.29 is 31.8 Å². The Labute approximate surface area is 169 Å². The van der Waals surface area contributed by atoms with Crippen molar-refractivity contribution in [3.05, 3.63) is 53.3 Å². The molecular weight excluding hydrogens is 401 g/mol. The number of rotatable bonds is 6. The third-order valence-electron chi connectivity index (χ3n) is 4.96. The van der Waals surface area contributed by atoms with Crippen molar-refractivity contribution in [1.82, 2.24) is 4.31 Å². The molecule has 9 heteroatoms. The van der Waals surface area contributed by atoms with Gasteiger partial charge >= 0.3 is 5.97 Å². The van der Waals surface area contributed by atoms with E-state index in [1.54, 1.807) is 12.1 Å². The summed E-state index contributed by atoms with van der Waals surface area (Å²) < 4.78 is 56.5. The van der Waals surface area contributed by atoms with Crippen LogP contribution in [0.1, 0.15) is 23.6 Å². The first-order valence-corrected chi connectivity index (χ1v) is 10.3. The van der Waals surface area contributed by atoms with Crippen LogP contribution in [0.2, 0.25) is 0 Å². The summed E-state index contributed by atoms with van der Waals surface area (Å²) in [6, 6.07) is 7.30. The number of benzene rings is 2. The molecule has 0 N–H and O–H groups in total. The topological polar surface area (TPSA) is 82.1 Å². The van der Waals surface area contributed by atoms with Gasteiger partial charge in [0.1, 0.15) is 5.82 Å². The third kappa shape index (κ3) is 4.06. The molecule has 1 aliphatic heterocycles. The second kappa shape index (κ2) is 8.38. The predicted molar refractivity (Wildman–Crippen MR) is 103 cm³/mol. The SMILES string of the molecule is COC(=O)CC1c2cc(OC)c(OC)cc2CCN1S(=O)(=O)c1ccc(F)cc1. The lowest BCUT2D eigenvalue weighted by molar-refractivity contribution is -0.141. The van der Waals surface area contributed by atoms with Gasteiger partial charge in [0.05, 0.1) is 38.7 Å². The smallest absolute Gasteiger partial charge is 0.307 e. The molecule has 1 atom stereocenters. The van der Waals surface area contributed by atoms with Gasteiger partial charge in [0, 0.05) is 6.54 Å². The minimum absolute atomic E-state index is 0.0438. The lowest BCUT2D eigenvalue weighted by Crippen LogP contribution is -2.41. The van der Waals surface area contributed by atoms with E-state index in [4.69, 9.17) is 14.2 Å². The van der Waals surface area contributed by atoms with Crippen LogP contribution in [-0.2, 0) is 26.0 Å². The number of esters is 1. The molecule has 0 aromatic heterocycles. The van der Waals surface area contributed by atoms with Crippen LogP contribution < -0.4 is 9.47 Å². The maximum Gasteiger partial charge on any atom is 0.307 e. The number of sulfonamides is 1. The van der Waals surface area contributed by atoms with E-state index >= 15 is 0 Å². The van der Waals surface area contributed by atoms with E-state index in [1.807, 2.05) is 0 Å². The summed E-state index contributed by atoms with van der Waals surface area (Å²) in [7, 11) is 0.276. The number of hydrogen-bond donors (Lipinski definition) is 0. The Hall–Kier alpha value is -2.65. The quantitative estimate of drug-likeness (QED) is 0.665. The van der Waals surface area contributed by atoms with Crippen LogP contribution in [0.5, 0.6) is 11.5 Å². The maximum absolute atomic E-state index is 13.3. The minimum atomic E-state index is -3.97. The first kappa shape index (κ1) is 21.1. The highest BCUT2D eigenvalue weighted by Gasteiger charge is 2.38. The van der Waals surface area contributed by atoms with Gasteiger partial charge in [-0.05, 0) is 53.9 Å². The monoisotopic (exact) mass is 423 g/mol. The zero-order valence-corrected chi connectivity index (χ0v) is 17.2. The highest BCUT2D eigenvalue weighted by Crippen LogP contribution is 2.41. The van der Waals surface area contributed by atoms with E-state index in [-0.39, 0.29) is 17.9 Å². The summed E-state index contributed by atoms with van der Waals surface area (Å²) in [4.78, 5) is 12.0. The zero-order valence-electron chi connectivity index (χ0n) is 16.3. The van der Waals surface area contributed by atoms with Crippen molar-refractivity contribution in [2.24, 2.45) is 0 Å². The van der Waals surface area contributed by atoms with Gasteiger partial charge in [-0.1, -0.05) is 0 Å². The number of nitrogens with zero attached hydrogens (tertiary/aromatic N) is 1. The van der Waals surface area contributed by atoms with Gasteiger partial charge in [0.25, 0.3) is 0 Å². The predicted octanol–water partition coefficient (Wildman–Crippen LogP) is 2.69. The molecule has 0 bridgehead atoms. The van der Waals surface area contributed by atoms with Gasteiger partial charge < -0.3 is 14.2 Å². The fraction of sp³-hybridized carbons (Fsp3) is 0.350. The number of hydrogen-bond acceptors (Lipinski definition) is 6. The molecule has 3 rings (SSSR count). The largest absolute Gasteiger partial charge is 0.493 e. The summed E-state index contributed by atoms with van der Waals surface area (Å²) in [5.74, 6) is -0.118. The van der Waals surface area contributed by atoms with Crippen LogP contribution in [0.4, 0.5) is 4.39 Å². The lowest BCUT2D eigenvalue weighted by atomic mass is 9.91. The van der Waals surface area contributed by atoms with E-state index < -0.39 is 27.9 Å². The molecule has 0 saturated heterocycles. The molecule has 156 valence electrons. The first-order chi connectivity index (χ1) is 13.8. The van der Waals surface area contributed by atoms with Crippen molar-refractivity contribution in [3.8, 4) is 11.5 Å². The molecule has 29 heavy (non-hydrogen) atoms. The van der Waals surface area contributed by atoms with Crippen LogP contribution in [-0.4, -0.2) is 46.6 Å². The molecule has 1 unspecified atom stereocenters. The molecule has 0 amide bonds. The van der Waals surface area contributed by atoms with Crippen LogP contribution in [0.3, 0.4) is 0 Å². The molecule has 1 heterocycles. The standard InChI is InChI=1S/C20H22FNO6S/c1-26-18-10-13-8-9-22(29(24,25)15-6-4-14(21)5-7-15)17(12-20(23)28-3)16(13)11-19(18)27-2/h4-7,10-11,17H,8-9,12H2,1-3H3. The molecule has 1 aliphatic rings. The van der Waals surface area contributed by atoms with E-state index in [0.717, 1.165) is 17.7 Å². The van der Waals surface area contributed by atoms with Gasteiger partial charge in [-0.15, -0.1) is 0 Å². The zero-order chi connectivity index (χ0) is 21.2. The Kier molecular flexibility index (Phi) is 6.09. The second-order valence-electron chi connectivity index (χ2n) is 6.52. The Balaban J connectivity index is 2.11. The normalized spacial score (nSPS) is 16.8. The summed E-state index contributed by atoms with van der Waals surface area (Å²) in [6.07, 6.45) is 0.257. The minimum Gasteiger partial charge on any atom is -0.493 e. The number of fused-ring (bicyclic) bond motifs is 1. The highest BCUT2D eigenvalue weighted by molar-refractivity contribution is 7.89. The van der Waals surface area contributed by atoms with Crippen molar-refractivity contribution >= 4 is 16.0 Å². The molecule has 0 aliphatic carbocycles. The van der Waals surface area contributed by atoms with E-state index in [9.17, 15) is 17.6 Å². The Morgan fingerprint density at radius 2 is 1.72 bits per heavy atom. The van der Waals surface area contributed by atoms with Crippen LogP contribution in [0.25, 0.3) is 0 Å². The summed E-state index contributed by atoms with van der Waals surface area (Å²) in [6.45, 7) is 0.157. The van der Waals surface area contributed by atoms with Gasteiger partial charge in [-0.2, -0.15) is 4.31 Å². The highest BCUT2D eigenvalue weighted by atomic mass is 32.2. The van der Waals surface area contributed by atoms with Gasteiger partial charge in [-0.3, -0.25) is 4.79 Å². The first-order valence-electron chi connectivity index (χ1n) is 8.90. The second-order valence-corrected chi connectivity index (χ2v) is 8.41. The fourth-order valence-corrected chi connectivity index (χ4v) is 5.09. The van der Waals surface area contributed by atoms with Crippen LogP contribution >= 0.6 is 0 Å². The Morgan fingerprint density at radius 1 is 1.10 bits per heavy atom. The number of ether oxygens (including phenoxy) is 3. The number of methoxy groups -OCH3 is 3. The molecule has 0 spiro atoms.